The van der Waals surface area contributed by atoms with Crippen LogP contribution in [0.15, 0.2) is 12.2 Å². The summed E-state index contributed by atoms with van der Waals surface area (Å²) in [6.07, 6.45) is 21.9. The van der Waals surface area contributed by atoms with Crippen molar-refractivity contribution in [3.05, 3.63) is 12.2 Å². The molecule has 7 nitrogen and oxygen atoms in total. The monoisotopic (exact) mass is 464 g/mol. The lowest BCUT2D eigenvalue weighted by atomic mass is 10.1. The van der Waals surface area contributed by atoms with Gasteiger partial charge in [-0.3, -0.25) is 9.32 Å². The number of carbonyl (C=O) groups excluding carboxylic acids is 1. The van der Waals surface area contributed by atoms with Gasteiger partial charge >= 0.3 is 13.8 Å². The lowest BCUT2D eigenvalue weighted by Crippen LogP contribution is -2.23. The van der Waals surface area contributed by atoms with E-state index >= 15 is 0 Å². The zero-order chi connectivity index (χ0) is 23.2. The average Bonchev–Trinajstić information content (AvgIpc) is 2.72. The zero-order valence-corrected chi connectivity index (χ0v) is 20.3. The molecule has 0 saturated carbocycles. The molecule has 0 aromatic heterocycles. The molecule has 0 amide bonds. The molecule has 0 aromatic carbocycles. The number of phosphoric ester groups is 1. The van der Waals surface area contributed by atoms with Crippen molar-refractivity contribution >= 4 is 13.8 Å². The Morgan fingerprint density at radius 1 is 0.806 bits per heavy atom. The second kappa shape index (κ2) is 21.1. The van der Waals surface area contributed by atoms with Crippen LogP contribution in [0, 0.1) is 0 Å². The number of aliphatic hydroxyl groups is 1. The Labute approximate surface area is 188 Å². The van der Waals surface area contributed by atoms with Crippen LogP contribution in [0.5, 0.6) is 0 Å². The largest absolute Gasteiger partial charge is 0.469 e. The Bertz CT molecular complexity index is 490. The molecule has 0 aliphatic rings. The predicted octanol–water partition coefficient (Wildman–Crippen LogP) is 5.82. The van der Waals surface area contributed by atoms with Crippen molar-refractivity contribution in [3.8, 4) is 0 Å². The third-order valence-electron chi connectivity index (χ3n) is 5.01. The molecule has 184 valence electrons. The first-order chi connectivity index (χ1) is 14.8. The number of ether oxygens (including phenoxy) is 1. The maximum Gasteiger partial charge on any atom is 0.469 e. The van der Waals surface area contributed by atoms with Gasteiger partial charge in [0.1, 0.15) is 12.7 Å². The number of hydrogen-bond acceptors (Lipinski definition) is 5. The van der Waals surface area contributed by atoms with Gasteiger partial charge in [0.15, 0.2) is 0 Å². The number of unbranched alkanes of at least 4 members (excludes halogenated alkanes) is 13. The number of rotatable bonds is 22. The fourth-order valence-electron chi connectivity index (χ4n) is 3.19. The molecule has 31 heavy (non-hydrogen) atoms. The summed E-state index contributed by atoms with van der Waals surface area (Å²) in [7, 11) is -4.62. The fraction of sp³-hybridized carbons (Fsp3) is 0.870. The van der Waals surface area contributed by atoms with E-state index in [2.05, 4.69) is 23.6 Å². The van der Waals surface area contributed by atoms with Crippen molar-refractivity contribution in [1.29, 1.82) is 0 Å². The van der Waals surface area contributed by atoms with E-state index in [9.17, 15) is 14.5 Å². The van der Waals surface area contributed by atoms with Crippen molar-refractivity contribution < 1.29 is 33.5 Å². The molecular weight excluding hydrogens is 419 g/mol. The Hall–Kier alpha value is -0.720. The first-order valence-electron chi connectivity index (χ1n) is 12.0. The number of phosphoric acid groups is 1. The minimum Gasteiger partial charge on any atom is -0.463 e. The van der Waals surface area contributed by atoms with Crippen LogP contribution in [0.4, 0.5) is 0 Å². The summed E-state index contributed by atoms with van der Waals surface area (Å²) in [6.45, 7) is 1.35. The average molecular weight is 465 g/mol. The van der Waals surface area contributed by atoms with Crippen LogP contribution in [0.1, 0.15) is 110 Å². The van der Waals surface area contributed by atoms with Crippen LogP contribution in [-0.4, -0.2) is 40.2 Å². The first kappa shape index (κ1) is 30.3. The van der Waals surface area contributed by atoms with Crippen molar-refractivity contribution in [2.45, 2.75) is 116 Å². The summed E-state index contributed by atoms with van der Waals surface area (Å²) < 4.78 is 19.5. The molecule has 0 spiro atoms. The Kier molecular flexibility index (Phi) is 20.7. The molecular formula is C23H45O7P. The molecule has 0 bridgehead atoms. The Balaban J connectivity index is 3.35. The number of carbonyl (C=O) groups is 1. The maximum atomic E-state index is 11.6. The van der Waals surface area contributed by atoms with Gasteiger partial charge in [-0.1, -0.05) is 83.3 Å². The van der Waals surface area contributed by atoms with E-state index < -0.39 is 26.5 Å². The minimum atomic E-state index is -4.62. The predicted molar refractivity (Wildman–Crippen MR) is 124 cm³/mol. The molecule has 1 atom stereocenters. The van der Waals surface area contributed by atoms with Crippen LogP contribution < -0.4 is 0 Å². The summed E-state index contributed by atoms with van der Waals surface area (Å²) in [6, 6.07) is 0. The molecule has 0 heterocycles. The van der Waals surface area contributed by atoms with Crippen molar-refractivity contribution in [2.75, 3.05) is 13.2 Å². The number of esters is 1. The van der Waals surface area contributed by atoms with Gasteiger partial charge in [-0.15, -0.1) is 0 Å². The first-order valence-corrected chi connectivity index (χ1v) is 13.6. The van der Waals surface area contributed by atoms with E-state index in [4.69, 9.17) is 14.5 Å². The number of allylic oxidation sites excluding steroid dienone is 2. The van der Waals surface area contributed by atoms with Gasteiger partial charge in [0, 0.05) is 6.42 Å². The van der Waals surface area contributed by atoms with E-state index in [-0.39, 0.29) is 13.0 Å². The van der Waals surface area contributed by atoms with Crippen molar-refractivity contribution in [3.63, 3.8) is 0 Å². The molecule has 0 fully saturated rings. The quantitative estimate of drug-likeness (QED) is 0.0801. The molecule has 0 radical (unpaired) electrons. The van der Waals surface area contributed by atoms with Gasteiger partial charge < -0.3 is 19.6 Å². The molecule has 8 heteroatoms. The second-order valence-electron chi connectivity index (χ2n) is 8.16. The summed E-state index contributed by atoms with van der Waals surface area (Å²) >= 11 is 0. The molecule has 0 aromatic rings. The molecule has 0 aliphatic heterocycles. The smallest absolute Gasteiger partial charge is 0.463 e. The van der Waals surface area contributed by atoms with E-state index in [1.54, 1.807) is 0 Å². The molecule has 0 unspecified atom stereocenters. The van der Waals surface area contributed by atoms with E-state index in [0.717, 1.165) is 32.1 Å². The highest BCUT2D eigenvalue weighted by Crippen LogP contribution is 2.35. The minimum absolute atomic E-state index is 0.282. The van der Waals surface area contributed by atoms with Crippen LogP contribution in [-0.2, 0) is 18.6 Å². The van der Waals surface area contributed by atoms with E-state index in [1.807, 2.05) is 0 Å². The Morgan fingerprint density at radius 3 is 1.81 bits per heavy atom. The lowest BCUT2D eigenvalue weighted by Gasteiger charge is -2.12. The summed E-state index contributed by atoms with van der Waals surface area (Å²) in [5.41, 5.74) is 0. The third kappa shape index (κ3) is 25.4. The summed E-state index contributed by atoms with van der Waals surface area (Å²) in [5.74, 6) is -0.417. The van der Waals surface area contributed by atoms with Crippen LogP contribution in [0.3, 0.4) is 0 Å². The number of aliphatic hydroxyl groups excluding tert-OH is 1. The van der Waals surface area contributed by atoms with Gasteiger partial charge in [-0.05, 0) is 32.1 Å². The SMILES string of the molecule is CCCCCCCCCC/C=C\CCCCCCCC(=O)OC[C@@H](O)COP(=O)(O)O. The fourth-order valence-corrected chi connectivity index (χ4v) is 3.55. The normalized spacial score (nSPS) is 13.0. The molecule has 0 rings (SSSR count). The van der Waals surface area contributed by atoms with Gasteiger partial charge in [0.25, 0.3) is 0 Å². The van der Waals surface area contributed by atoms with Crippen molar-refractivity contribution in [1.82, 2.24) is 0 Å². The van der Waals surface area contributed by atoms with Gasteiger partial charge in [-0.25, -0.2) is 4.57 Å². The zero-order valence-electron chi connectivity index (χ0n) is 19.4. The second-order valence-corrected chi connectivity index (χ2v) is 9.40. The summed E-state index contributed by atoms with van der Waals surface area (Å²) in [5, 5.41) is 9.43. The van der Waals surface area contributed by atoms with Gasteiger partial charge in [0.2, 0.25) is 0 Å². The topological polar surface area (TPSA) is 113 Å². The highest BCUT2D eigenvalue weighted by atomic mass is 31.2. The van der Waals surface area contributed by atoms with Crippen LogP contribution >= 0.6 is 7.82 Å². The van der Waals surface area contributed by atoms with E-state index in [0.29, 0.717) is 0 Å². The summed E-state index contributed by atoms with van der Waals surface area (Å²) in [4.78, 5) is 28.6. The molecule has 3 N–H and O–H groups in total. The van der Waals surface area contributed by atoms with E-state index in [1.165, 1.54) is 64.2 Å². The lowest BCUT2D eigenvalue weighted by molar-refractivity contribution is -0.147. The van der Waals surface area contributed by atoms with Crippen LogP contribution in [0.25, 0.3) is 0 Å². The highest BCUT2D eigenvalue weighted by Gasteiger charge is 2.17. The van der Waals surface area contributed by atoms with Crippen molar-refractivity contribution in [2.24, 2.45) is 0 Å². The standard InChI is InChI=1S/C23H45O7P/c1-2-3-4-5-6-7-8-9-10-11-12-13-14-15-16-17-18-19-23(25)29-20-22(24)21-30-31(26,27)28/h11-12,22,24H,2-10,13-21H2,1H3,(H2,26,27,28)/b12-11-/t22-/m1/s1. The highest BCUT2D eigenvalue weighted by molar-refractivity contribution is 7.46. The third-order valence-corrected chi connectivity index (χ3v) is 5.50. The number of hydrogen-bond donors (Lipinski definition) is 3. The van der Waals surface area contributed by atoms with Gasteiger partial charge in [-0.2, -0.15) is 0 Å². The van der Waals surface area contributed by atoms with Crippen LogP contribution in [0.2, 0.25) is 0 Å². The van der Waals surface area contributed by atoms with Gasteiger partial charge in [0.05, 0.1) is 6.61 Å². The molecule has 0 saturated heterocycles. The molecule has 0 aliphatic carbocycles. The Morgan fingerprint density at radius 2 is 1.29 bits per heavy atom. The maximum absolute atomic E-state index is 11.6.